The van der Waals surface area contributed by atoms with Crippen molar-refractivity contribution in [3.8, 4) is 0 Å². The molecule has 2 aliphatic rings. The first-order valence-corrected chi connectivity index (χ1v) is 11.3. The van der Waals surface area contributed by atoms with Gasteiger partial charge >= 0.3 is 5.97 Å². The number of esters is 1. The van der Waals surface area contributed by atoms with Gasteiger partial charge in [-0.15, -0.1) is 0 Å². The summed E-state index contributed by atoms with van der Waals surface area (Å²) >= 11 is 0. The third-order valence-electron chi connectivity index (χ3n) is 5.99. The van der Waals surface area contributed by atoms with Crippen LogP contribution < -0.4 is 5.32 Å². The summed E-state index contributed by atoms with van der Waals surface area (Å²) in [5.41, 5.74) is 5.18. The zero-order valence-corrected chi connectivity index (χ0v) is 19.4. The fourth-order valence-corrected chi connectivity index (χ4v) is 4.14. The molecule has 0 radical (unpaired) electrons. The van der Waals surface area contributed by atoms with Crippen LogP contribution in [0.3, 0.4) is 0 Å². The van der Waals surface area contributed by atoms with E-state index in [0.29, 0.717) is 30.8 Å². The minimum absolute atomic E-state index is 0.0162. The lowest BCUT2D eigenvalue weighted by molar-refractivity contribution is -0.140. The molecule has 0 saturated carbocycles. The van der Waals surface area contributed by atoms with Gasteiger partial charge in [0.2, 0.25) is 11.8 Å². The van der Waals surface area contributed by atoms with Gasteiger partial charge in [0, 0.05) is 25.6 Å². The number of hydrogen-bond donors (Lipinski definition) is 1. The molecule has 176 valence electrons. The number of cyclic esters (lactones) is 1. The van der Waals surface area contributed by atoms with Crippen molar-refractivity contribution in [2.45, 2.75) is 33.1 Å². The molecule has 1 atom stereocenters. The Labute approximate surface area is 199 Å². The Bertz CT molecular complexity index is 1140. The lowest BCUT2D eigenvalue weighted by Gasteiger charge is -2.26. The second kappa shape index (κ2) is 10.5. The number of carbonyl (C=O) groups excluding carboxylic acids is 3. The Hall–Kier alpha value is -3.71. The molecule has 1 N–H and O–H groups in total. The average Bonchev–Trinajstić information content (AvgIpc) is 3.12. The normalized spacial score (nSPS) is 17.9. The molecule has 0 saturated heterocycles. The molecule has 7 nitrogen and oxygen atoms in total. The molecule has 2 aromatic carbocycles. The summed E-state index contributed by atoms with van der Waals surface area (Å²) in [6.45, 7) is 4.83. The van der Waals surface area contributed by atoms with Crippen LogP contribution in [0, 0.1) is 0 Å². The van der Waals surface area contributed by atoms with Gasteiger partial charge in [0.1, 0.15) is 6.61 Å². The highest BCUT2D eigenvalue weighted by atomic mass is 16.6. The van der Waals surface area contributed by atoms with E-state index in [4.69, 9.17) is 9.47 Å². The standard InChI is InChI=1S/C27H28N2O5/c1-18-25(27(32)34-26(18)28-19(2)30)23-10-8-21(9-11-23)22-12-14-29(15-13-22)24(31)17-33-16-20-6-4-3-5-7-20/h3-12,26H,13-17H2,1-2H3,(H,28,30)/t26-/m1/s1. The third kappa shape index (κ3) is 5.43. The van der Waals surface area contributed by atoms with Crippen LogP contribution in [-0.4, -0.2) is 48.6 Å². The quantitative estimate of drug-likeness (QED) is 0.641. The summed E-state index contributed by atoms with van der Waals surface area (Å²) in [7, 11) is 0. The summed E-state index contributed by atoms with van der Waals surface area (Å²) in [4.78, 5) is 37.9. The maximum atomic E-state index is 12.5. The molecule has 2 heterocycles. The van der Waals surface area contributed by atoms with E-state index in [1.54, 1.807) is 11.8 Å². The van der Waals surface area contributed by atoms with Gasteiger partial charge in [-0.25, -0.2) is 4.79 Å². The molecule has 2 aliphatic heterocycles. The Morgan fingerprint density at radius 2 is 1.79 bits per heavy atom. The minimum Gasteiger partial charge on any atom is -0.434 e. The van der Waals surface area contributed by atoms with Gasteiger partial charge in [0.05, 0.1) is 12.2 Å². The van der Waals surface area contributed by atoms with Gasteiger partial charge in [-0.3, -0.25) is 9.59 Å². The first kappa shape index (κ1) is 23.4. The first-order valence-electron chi connectivity index (χ1n) is 11.3. The number of nitrogens with zero attached hydrogens (tertiary/aromatic N) is 1. The van der Waals surface area contributed by atoms with Crippen molar-refractivity contribution < 1.29 is 23.9 Å². The maximum absolute atomic E-state index is 12.5. The molecule has 0 aliphatic carbocycles. The van der Waals surface area contributed by atoms with Gasteiger partial charge in [-0.05, 0) is 35.6 Å². The van der Waals surface area contributed by atoms with Crippen molar-refractivity contribution >= 4 is 28.9 Å². The van der Waals surface area contributed by atoms with Crippen LogP contribution in [0.2, 0.25) is 0 Å². The Morgan fingerprint density at radius 3 is 2.44 bits per heavy atom. The first-order chi connectivity index (χ1) is 16.4. The fraction of sp³-hybridized carbons (Fsp3) is 0.296. The van der Waals surface area contributed by atoms with E-state index in [2.05, 4.69) is 11.4 Å². The molecule has 4 rings (SSSR count). The summed E-state index contributed by atoms with van der Waals surface area (Å²) < 4.78 is 10.9. The largest absolute Gasteiger partial charge is 0.434 e. The van der Waals surface area contributed by atoms with Gasteiger partial charge in [0.15, 0.2) is 6.23 Å². The molecule has 2 aromatic rings. The van der Waals surface area contributed by atoms with E-state index in [-0.39, 0.29) is 18.4 Å². The SMILES string of the molecule is CC(=O)N[C@@H]1OC(=O)C(c2ccc(C3=CCN(C(=O)COCc4ccccc4)CC3)cc2)=C1C. The Kier molecular flexibility index (Phi) is 7.23. The second-order valence-electron chi connectivity index (χ2n) is 8.42. The zero-order valence-electron chi connectivity index (χ0n) is 19.4. The lowest BCUT2D eigenvalue weighted by atomic mass is 9.95. The van der Waals surface area contributed by atoms with E-state index in [9.17, 15) is 14.4 Å². The van der Waals surface area contributed by atoms with Gasteiger partial charge < -0.3 is 19.7 Å². The number of amides is 2. The lowest BCUT2D eigenvalue weighted by Crippen LogP contribution is -2.37. The molecule has 0 unspecified atom stereocenters. The van der Waals surface area contributed by atoms with Crippen LogP contribution in [0.15, 0.2) is 66.2 Å². The zero-order chi connectivity index (χ0) is 24.1. The molecule has 2 amide bonds. The van der Waals surface area contributed by atoms with Crippen LogP contribution in [0.5, 0.6) is 0 Å². The number of rotatable bonds is 7. The highest BCUT2D eigenvalue weighted by molar-refractivity contribution is 6.19. The van der Waals surface area contributed by atoms with Crippen LogP contribution in [0.4, 0.5) is 0 Å². The number of carbonyl (C=O) groups is 3. The van der Waals surface area contributed by atoms with E-state index < -0.39 is 12.2 Å². The van der Waals surface area contributed by atoms with E-state index in [1.165, 1.54) is 6.92 Å². The maximum Gasteiger partial charge on any atom is 0.341 e. The molecular formula is C27H28N2O5. The van der Waals surface area contributed by atoms with Crippen molar-refractivity contribution in [3.63, 3.8) is 0 Å². The summed E-state index contributed by atoms with van der Waals surface area (Å²) in [5.74, 6) is -0.713. The number of hydrogen-bond acceptors (Lipinski definition) is 5. The molecule has 0 aromatic heterocycles. The van der Waals surface area contributed by atoms with Crippen molar-refractivity contribution in [2.24, 2.45) is 0 Å². The smallest absolute Gasteiger partial charge is 0.341 e. The third-order valence-corrected chi connectivity index (χ3v) is 5.99. The summed E-state index contributed by atoms with van der Waals surface area (Å²) in [5, 5.41) is 2.63. The topological polar surface area (TPSA) is 84.9 Å². The molecule has 0 bridgehead atoms. The second-order valence-corrected chi connectivity index (χ2v) is 8.42. The average molecular weight is 461 g/mol. The predicted octanol–water partition coefficient (Wildman–Crippen LogP) is 3.31. The predicted molar refractivity (Wildman–Crippen MR) is 128 cm³/mol. The summed E-state index contributed by atoms with van der Waals surface area (Å²) in [6, 6.07) is 17.5. The van der Waals surface area contributed by atoms with E-state index in [0.717, 1.165) is 28.7 Å². The highest BCUT2D eigenvalue weighted by Crippen LogP contribution is 2.31. The molecular weight excluding hydrogens is 432 g/mol. The monoisotopic (exact) mass is 460 g/mol. The molecule has 34 heavy (non-hydrogen) atoms. The van der Waals surface area contributed by atoms with Crippen molar-refractivity contribution in [3.05, 3.63) is 82.9 Å². The molecule has 0 fully saturated rings. The number of benzene rings is 2. The van der Waals surface area contributed by atoms with Crippen LogP contribution in [0.25, 0.3) is 11.1 Å². The van der Waals surface area contributed by atoms with E-state index in [1.807, 2.05) is 54.6 Å². The van der Waals surface area contributed by atoms with E-state index >= 15 is 0 Å². The molecule has 7 heteroatoms. The van der Waals surface area contributed by atoms with Crippen molar-refractivity contribution in [2.75, 3.05) is 19.7 Å². The van der Waals surface area contributed by atoms with Gasteiger partial charge in [-0.1, -0.05) is 60.7 Å². The number of ether oxygens (including phenoxy) is 2. The van der Waals surface area contributed by atoms with Gasteiger partial charge in [0.25, 0.3) is 0 Å². The Balaban J connectivity index is 1.34. The minimum atomic E-state index is -0.721. The molecule has 0 spiro atoms. The highest BCUT2D eigenvalue weighted by Gasteiger charge is 2.32. The van der Waals surface area contributed by atoms with Crippen LogP contribution >= 0.6 is 0 Å². The van der Waals surface area contributed by atoms with Crippen molar-refractivity contribution in [1.29, 1.82) is 0 Å². The van der Waals surface area contributed by atoms with Crippen LogP contribution in [-0.2, 0) is 30.5 Å². The number of nitrogens with one attached hydrogen (secondary N) is 1. The van der Waals surface area contributed by atoms with Gasteiger partial charge in [-0.2, -0.15) is 0 Å². The fourth-order valence-electron chi connectivity index (χ4n) is 4.14. The van der Waals surface area contributed by atoms with Crippen molar-refractivity contribution in [1.82, 2.24) is 10.2 Å². The summed E-state index contributed by atoms with van der Waals surface area (Å²) in [6.07, 6.45) is 2.09. The Morgan fingerprint density at radius 1 is 1.09 bits per heavy atom. The van der Waals surface area contributed by atoms with Crippen LogP contribution in [0.1, 0.15) is 37.0 Å².